The van der Waals surface area contributed by atoms with Crippen LogP contribution in [-0.4, -0.2) is 12.6 Å². The van der Waals surface area contributed by atoms with Crippen LogP contribution in [0.4, 0.5) is 0 Å². The molecule has 1 aromatic heterocycles. The molecule has 0 unspecified atom stereocenters. The number of fused-ring (bicyclic) bond motifs is 1. The predicted molar refractivity (Wildman–Crippen MR) is 67.2 cm³/mol. The summed E-state index contributed by atoms with van der Waals surface area (Å²) in [5.74, 6) is 0. The van der Waals surface area contributed by atoms with E-state index in [1.165, 1.54) is 15.6 Å². The Hall–Kier alpha value is -0.900. The molecule has 80 valence electrons. The lowest BCUT2D eigenvalue weighted by Crippen LogP contribution is -2.32. The average Bonchev–Trinajstić information content (AvgIpc) is 2.69. The predicted octanol–water partition coefficient (Wildman–Crippen LogP) is 2.34. The lowest BCUT2D eigenvalue weighted by atomic mass is 10.2. The number of hydrogen-bond acceptors (Lipinski definition) is 3. The van der Waals surface area contributed by atoms with Gasteiger partial charge in [-0.05, 0) is 29.3 Å². The van der Waals surface area contributed by atoms with Gasteiger partial charge in [-0.2, -0.15) is 0 Å². The van der Waals surface area contributed by atoms with Crippen molar-refractivity contribution in [1.82, 2.24) is 5.32 Å². The van der Waals surface area contributed by atoms with Gasteiger partial charge in [0.2, 0.25) is 0 Å². The molecule has 15 heavy (non-hydrogen) atoms. The SMILES string of the molecule is C[C@H](CN)NCc1csc2ccccc12. The van der Waals surface area contributed by atoms with Gasteiger partial charge < -0.3 is 11.1 Å². The summed E-state index contributed by atoms with van der Waals surface area (Å²) in [6.07, 6.45) is 0. The van der Waals surface area contributed by atoms with Crippen LogP contribution in [0.15, 0.2) is 29.6 Å². The maximum absolute atomic E-state index is 5.56. The van der Waals surface area contributed by atoms with Crippen molar-refractivity contribution < 1.29 is 0 Å². The fourth-order valence-electron chi connectivity index (χ4n) is 1.54. The maximum Gasteiger partial charge on any atom is 0.0346 e. The molecule has 0 radical (unpaired) electrons. The van der Waals surface area contributed by atoms with Gasteiger partial charge in [-0.25, -0.2) is 0 Å². The van der Waals surface area contributed by atoms with Crippen LogP contribution in [0.25, 0.3) is 10.1 Å². The molecule has 2 aromatic rings. The number of nitrogens with two attached hydrogens (primary N) is 1. The first-order valence-corrected chi connectivity index (χ1v) is 6.08. The highest BCUT2D eigenvalue weighted by atomic mass is 32.1. The Morgan fingerprint density at radius 1 is 1.40 bits per heavy atom. The van der Waals surface area contributed by atoms with E-state index in [2.05, 4.69) is 41.9 Å². The van der Waals surface area contributed by atoms with Crippen molar-refractivity contribution in [3.8, 4) is 0 Å². The largest absolute Gasteiger partial charge is 0.329 e. The van der Waals surface area contributed by atoms with Crippen LogP contribution in [0.5, 0.6) is 0 Å². The molecule has 0 aliphatic rings. The molecule has 0 saturated carbocycles. The highest BCUT2D eigenvalue weighted by Crippen LogP contribution is 2.25. The fourth-order valence-corrected chi connectivity index (χ4v) is 2.50. The molecular weight excluding hydrogens is 204 g/mol. The van der Waals surface area contributed by atoms with E-state index in [0.29, 0.717) is 12.6 Å². The summed E-state index contributed by atoms with van der Waals surface area (Å²) < 4.78 is 1.36. The zero-order valence-electron chi connectivity index (χ0n) is 8.86. The van der Waals surface area contributed by atoms with Crippen molar-refractivity contribution in [3.05, 3.63) is 35.2 Å². The van der Waals surface area contributed by atoms with Crippen molar-refractivity contribution in [1.29, 1.82) is 0 Å². The number of rotatable bonds is 4. The van der Waals surface area contributed by atoms with Crippen LogP contribution < -0.4 is 11.1 Å². The Balaban J connectivity index is 2.14. The standard InChI is InChI=1S/C12H16N2S/c1-9(6-13)14-7-10-8-15-12-5-3-2-4-11(10)12/h2-5,8-9,14H,6-7,13H2,1H3/t9-/m1/s1. The summed E-state index contributed by atoms with van der Waals surface area (Å²) in [5, 5.41) is 6.99. The Kier molecular flexibility index (Phi) is 3.36. The van der Waals surface area contributed by atoms with Gasteiger partial charge in [-0.15, -0.1) is 11.3 Å². The number of benzene rings is 1. The summed E-state index contributed by atoms with van der Waals surface area (Å²) in [7, 11) is 0. The van der Waals surface area contributed by atoms with E-state index in [9.17, 15) is 0 Å². The summed E-state index contributed by atoms with van der Waals surface area (Å²) >= 11 is 1.80. The molecule has 0 amide bonds. The second-order valence-corrected chi connectivity index (χ2v) is 4.69. The summed E-state index contributed by atoms with van der Waals surface area (Å²) in [6, 6.07) is 8.89. The number of thiophene rings is 1. The number of nitrogens with one attached hydrogen (secondary N) is 1. The average molecular weight is 220 g/mol. The van der Waals surface area contributed by atoms with Gasteiger partial charge in [0.25, 0.3) is 0 Å². The van der Waals surface area contributed by atoms with Crippen LogP contribution >= 0.6 is 11.3 Å². The van der Waals surface area contributed by atoms with Gasteiger partial charge in [0.15, 0.2) is 0 Å². The van der Waals surface area contributed by atoms with Crippen molar-refractivity contribution in [2.45, 2.75) is 19.5 Å². The minimum Gasteiger partial charge on any atom is -0.329 e. The van der Waals surface area contributed by atoms with E-state index in [1.54, 1.807) is 11.3 Å². The Morgan fingerprint density at radius 3 is 3.00 bits per heavy atom. The third kappa shape index (κ3) is 2.37. The molecule has 3 heteroatoms. The van der Waals surface area contributed by atoms with Crippen LogP contribution in [0.2, 0.25) is 0 Å². The second-order valence-electron chi connectivity index (χ2n) is 3.77. The van der Waals surface area contributed by atoms with Gasteiger partial charge in [-0.1, -0.05) is 18.2 Å². The van der Waals surface area contributed by atoms with E-state index >= 15 is 0 Å². The van der Waals surface area contributed by atoms with Gasteiger partial charge in [-0.3, -0.25) is 0 Å². The molecule has 0 bridgehead atoms. The first-order valence-electron chi connectivity index (χ1n) is 5.20. The van der Waals surface area contributed by atoms with Gasteiger partial charge in [0.05, 0.1) is 0 Å². The third-order valence-corrected chi connectivity index (χ3v) is 3.57. The Morgan fingerprint density at radius 2 is 2.20 bits per heavy atom. The Labute approximate surface area is 94.1 Å². The quantitative estimate of drug-likeness (QED) is 0.830. The fraction of sp³-hybridized carbons (Fsp3) is 0.333. The smallest absolute Gasteiger partial charge is 0.0346 e. The molecule has 3 N–H and O–H groups in total. The topological polar surface area (TPSA) is 38.0 Å². The van der Waals surface area contributed by atoms with Crippen molar-refractivity contribution >= 4 is 21.4 Å². The van der Waals surface area contributed by atoms with E-state index < -0.39 is 0 Å². The number of hydrogen-bond donors (Lipinski definition) is 2. The van der Waals surface area contributed by atoms with E-state index in [0.717, 1.165) is 6.54 Å². The zero-order chi connectivity index (χ0) is 10.7. The minimum atomic E-state index is 0.378. The van der Waals surface area contributed by atoms with E-state index in [4.69, 9.17) is 5.73 Å². The Bertz CT molecular complexity index is 436. The van der Waals surface area contributed by atoms with Crippen molar-refractivity contribution in [2.24, 2.45) is 5.73 Å². The molecule has 0 fully saturated rings. The molecule has 2 rings (SSSR count). The molecule has 0 aliphatic heterocycles. The molecule has 0 aliphatic carbocycles. The van der Waals surface area contributed by atoms with Crippen molar-refractivity contribution in [2.75, 3.05) is 6.54 Å². The molecule has 1 aromatic carbocycles. The van der Waals surface area contributed by atoms with E-state index in [1.807, 2.05) is 0 Å². The summed E-state index contributed by atoms with van der Waals surface area (Å²) in [6.45, 7) is 3.69. The minimum absolute atomic E-state index is 0.378. The second kappa shape index (κ2) is 4.75. The van der Waals surface area contributed by atoms with E-state index in [-0.39, 0.29) is 0 Å². The zero-order valence-corrected chi connectivity index (χ0v) is 9.68. The van der Waals surface area contributed by atoms with Gasteiger partial charge in [0.1, 0.15) is 0 Å². The van der Waals surface area contributed by atoms with Crippen molar-refractivity contribution in [3.63, 3.8) is 0 Å². The van der Waals surface area contributed by atoms with Gasteiger partial charge in [0, 0.05) is 23.8 Å². The lowest BCUT2D eigenvalue weighted by Gasteiger charge is -2.10. The molecule has 1 heterocycles. The molecular formula is C12H16N2S. The van der Waals surface area contributed by atoms with Gasteiger partial charge >= 0.3 is 0 Å². The highest BCUT2D eigenvalue weighted by Gasteiger charge is 2.04. The van der Waals surface area contributed by atoms with Crippen LogP contribution in [0.3, 0.4) is 0 Å². The van der Waals surface area contributed by atoms with Crippen LogP contribution in [-0.2, 0) is 6.54 Å². The van der Waals surface area contributed by atoms with Crippen LogP contribution in [0, 0.1) is 0 Å². The monoisotopic (exact) mass is 220 g/mol. The first kappa shape index (κ1) is 10.6. The maximum atomic E-state index is 5.56. The molecule has 2 nitrogen and oxygen atoms in total. The van der Waals surface area contributed by atoms with Crippen LogP contribution in [0.1, 0.15) is 12.5 Å². The molecule has 1 atom stereocenters. The molecule has 0 spiro atoms. The first-order chi connectivity index (χ1) is 7.31. The highest BCUT2D eigenvalue weighted by molar-refractivity contribution is 7.17. The normalized spacial score (nSPS) is 13.2. The summed E-state index contributed by atoms with van der Waals surface area (Å²) in [4.78, 5) is 0. The lowest BCUT2D eigenvalue weighted by molar-refractivity contribution is 0.558. The summed E-state index contributed by atoms with van der Waals surface area (Å²) in [5.41, 5.74) is 6.94. The third-order valence-electron chi connectivity index (χ3n) is 2.56. The molecule has 0 saturated heterocycles.